The van der Waals surface area contributed by atoms with Crippen LogP contribution in [0, 0.1) is 0 Å². The van der Waals surface area contributed by atoms with Gasteiger partial charge in [0.05, 0.1) is 6.61 Å². The molecule has 1 atom stereocenters. The fraction of sp³-hybridized carbons (Fsp3) is 0.556. The Balaban J connectivity index is 2.22. The van der Waals surface area contributed by atoms with E-state index in [9.17, 15) is 4.79 Å². The van der Waals surface area contributed by atoms with Gasteiger partial charge in [0, 0.05) is 31.4 Å². The normalized spacial score (nSPS) is 12.4. The second-order valence-electron chi connectivity index (χ2n) is 3.17. The van der Waals surface area contributed by atoms with Gasteiger partial charge in [0.15, 0.2) is 0 Å². The topological polar surface area (TPSA) is 67.2 Å². The second kappa shape index (κ2) is 5.39. The Morgan fingerprint density at radius 2 is 2.50 bits per heavy atom. The van der Waals surface area contributed by atoms with Crippen molar-refractivity contribution in [2.24, 2.45) is 0 Å². The van der Waals surface area contributed by atoms with Gasteiger partial charge in [-0.1, -0.05) is 0 Å². The molecule has 0 fully saturated rings. The van der Waals surface area contributed by atoms with Gasteiger partial charge in [-0.05, 0) is 13.0 Å². The summed E-state index contributed by atoms with van der Waals surface area (Å²) in [5.74, 6) is -0.0675. The summed E-state index contributed by atoms with van der Waals surface area (Å²) in [5, 5.41) is 15.3. The van der Waals surface area contributed by atoms with Crippen LogP contribution in [0.5, 0.6) is 0 Å². The fourth-order valence-electron chi connectivity index (χ4n) is 1.04. The molecule has 14 heavy (non-hydrogen) atoms. The number of carbonyl (C=O) groups excluding carboxylic acids is 1. The molecule has 0 saturated carbocycles. The average molecular weight is 197 g/mol. The molecule has 0 aliphatic carbocycles. The third-order valence-electron chi connectivity index (χ3n) is 1.81. The number of aliphatic hydroxyl groups excluding tert-OH is 1. The van der Waals surface area contributed by atoms with Crippen molar-refractivity contribution in [3.63, 3.8) is 0 Å². The maximum Gasteiger partial charge on any atom is 0.222 e. The Kier molecular flexibility index (Phi) is 4.12. The molecule has 1 heterocycles. The van der Waals surface area contributed by atoms with Crippen LogP contribution in [0.1, 0.15) is 13.3 Å². The van der Waals surface area contributed by atoms with Crippen LogP contribution in [-0.4, -0.2) is 33.4 Å². The maximum absolute atomic E-state index is 11.2. The summed E-state index contributed by atoms with van der Waals surface area (Å²) in [4.78, 5) is 11.2. The van der Waals surface area contributed by atoms with E-state index in [1.165, 1.54) is 0 Å². The van der Waals surface area contributed by atoms with Crippen molar-refractivity contribution in [2.75, 3.05) is 6.61 Å². The number of nitrogens with zero attached hydrogens (tertiary/aromatic N) is 2. The summed E-state index contributed by atoms with van der Waals surface area (Å²) in [6, 6.07) is 1.63. The Labute approximate surface area is 82.7 Å². The number of carbonyl (C=O) groups is 1. The van der Waals surface area contributed by atoms with Gasteiger partial charge in [-0.25, -0.2) is 0 Å². The average Bonchev–Trinajstić information content (AvgIpc) is 2.67. The molecule has 0 radical (unpaired) electrons. The van der Waals surface area contributed by atoms with Gasteiger partial charge >= 0.3 is 0 Å². The zero-order chi connectivity index (χ0) is 10.4. The predicted octanol–water partition coefficient (Wildman–Crippen LogP) is -0.230. The summed E-state index contributed by atoms with van der Waals surface area (Å²) in [7, 11) is 0. The highest BCUT2D eigenvalue weighted by molar-refractivity contribution is 5.76. The summed E-state index contributed by atoms with van der Waals surface area (Å²) in [5.41, 5.74) is 0. The molecule has 78 valence electrons. The van der Waals surface area contributed by atoms with Crippen LogP contribution in [0.4, 0.5) is 0 Å². The van der Waals surface area contributed by atoms with E-state index in [1.807, 2.05) is 12.3 Å². The summed E-state index contributed by atoms with van der Waals surface area (Å²) < 4.78 is 1.70. The predicted molar refractivity (Wildman–Crippen MR) is 51.5 cm³/mol. The number of aromatic nitrogens is 2. The fourth-order valence-corrected chi connectivity index (χ4v) is 1.04. The molecule has 1 aromatic heterocycles. The van der Waals surface area contributed by atoms with E-state index >= 15 is 0 Å². The molecule has 0 aliphatic heterocycles. The molecule has 1 aromatic rings. The minimum Gasteiger partial charge on any atom is -0.394 e. The van der Waals surface area contributed by atoms with E-state index in [0.717, 1.165) is 0 Å². The SMILES string of the molecule is C[C@@H](CO)NC(=O)CCn1cccn1. The van der Waals surface area contributed by atoms with Crippen molar-refractivity contribution in [1.82, 2.24) is 15.1 Å². The molecule has 0 bridgehead atoms. The van der Waals surface area contributed by atoms with E-state index in [2.05, 4.69) is 10.4 Å². The van der Waals surface area contributed by atoms with Crippen molar-refractivity contribution < 1.29 is 9.90 Å². The standard InChI is InChI=1S/C9H15N3O2/c1-8(7-13)11-9(14)3-6-12-5-2-4-10-12/h2,4-5,8,13H,3,6-7H2,1H3,(H,11,14)/t8-/m0/s1. The maximum atomic E-state index is 11.2. The smallest absolute Gasteiger partial charge is 0.222 e. The lowest BCUT2D eigenvalue weighted by molar-refractivity contribution is -0.122. The molecule has 0 aromatic carbocycles. The van der Waals surface area contributed by atoms with Crippen LogP contribution in [0.3, 0.4) is 0 Å². The van der Waals surface area contributed by atoms with E-state index in [4.69, 9.17) is 5.11 Å². The summed E-state index contributed by atoms with van der Waals surface area (Å²) in [6.45, 7) is 2.29. The van der Waals surface area contributed by atoms with Gasteiger partial charge in [-0.3, -0.25) is 9.48 Å². The molecular weight excluding hydrogens is 182 g/mol. The first-order valence-corrected chi connectivity index (χ1v) is 4.60. The monoisotopic (exact) mass is 197 g/mol. The minimum absolute atomic E-state index is 0.0342. The molecule has 0 spiro atoms. The van der Waals surface area contributed by atoms with Gasteiger partial charge in [0.2, 0.25) is 5.91 Å². The Morgan fingerprint density at radius 3 is 3.07 bits per heavy atom. The number of rotatable bonds is 5. The molecule has 5 nitrogen and oxygen atoms in total. The number of aliphatic hydroxyl groups is 1. The van der Waals surface area contributed by atoms with Crippen LogP contribution in [0.25, 0.3) is 0 Å². The molecule has 1 rings (SSSR count). The third-order valence-corrected chi connectivity index (χ3v) is 1.81. The first-order chi connectivity index (χ1) is 6.72. The van der Waals surface area contributed by atoms with Crippen LogP contribution in [0.15, 0.2) is 18.5 Å². The summed E-state index contributed by atoms with van der Waals surface area (Å²) in [6.07, 6.45) is 3.86. The number of nitrogens with one attached hydrogen (secondary N) is 1. The molecule has 5 heteroatoms. The zero-order valence-electron chi connectivity index (χ0n) is 8.18. The first kappa shape index (κ1) is 10.7. The van der Waals surface area contributed by atoms with Crippen molar-refractivity contribution >= 4 is 5.91 Å². The lowest BCUT2D eigenvalue weighted by Crippen LogP contribution is -2.35. The highest BCUT2D eigenvalue weighted by Crippen LogP contribution is 1.90. The quantitative estimate of drug-likeness (QED) is 0.685. The van der Waals surface area contributed by atoms with Gasteiger partial charge in [-0.15, -0.1) is 0 Å². The van der Waals surface area contributed by atoms with Gasteiger partial charge in [-0.2, -0.15) is 5.10 Å². The van der Waals surface area contributed by atoms with Crippen LogP contribution < -0.4 is 5.32 Å². The second-order valence-corrected chi connectivity index (χ2v) is 3.17. The van der Waals surface area contributed by atoms with Gasteiger partial charge in [0.25, 0.3) is 0 Å². The molecular formula is C9H15N3O2. The number of hydrogen-bond donors (Lipinski definition) is 2. The summed E-state index contributed by atoms with van der Waals surface area (Å²) >= 11 is 0. The van der Waals surface area contributed by atoms with Gasteiger partial charge < -0.3 is 10.4 Å². The first-order valence-electron chi connectivity index (χ1n) is 4.60. The van der Waals surface area contributed by atoms with E-state index in [1.54, 1.807) is 17.8 Å². The number of aryl methyl sites for hydroxylation is 1. The lowest BCUT2D eigenvalue weighted by atomic mass is 10.3. The Hall–Kier alpha value is -1.36. The van der Waals surface area contributed by atoms with Crippen LogP contribution in [0.2, 0.25) is 0 Å². The molecule has 0 saturated heterocycles. The Morgan fingerprint density at radius 1 is 1.71 bits per heavy atom. The number of amides is 1. The largest absolute Gasteiger partial charge is 0.394 e. The van der Waals surface area contributed by atoms with Crippen LogP contribution in [-0.2, 0) is 11.3 Å². The molecule has 1 amide bonds. The highest BCUT2D eigenvalue weighted by atomic mass is 16.3. The third kappa shape index (κ3) is 3.57. The van der Waals surface area contributed by atoms with Crippen molar-refractivity contribution in [3.05, 3.63) is 18.5 Å². The molecule has 0 aliphatic rings. The van der Waals surface area contributed by atoms with E-state index < -0.39 is 0 Å². The van der Waals surface area contributed by atoms with Crippen molar-refractivity contribution in [3.8, 4) is 0 Å². The van der Waals surface area contributed by atoms with Gasteiger partial charge in [0.1, 0.15) is 0 Å². The number of hydrogen-bond acceptors (Lipinski definition) is 3. The molecule has 2 N–H and O–H groups in total. The van der Waals surface area contributed by atoms with Crippen molar-refractivity contribution in [2.45, 2.75) is 25.9 Å². The minimum atomic E-state index is -0.180. The highest BCUT2D eigenvalue weighted by Gasteiger charge is 2.05. The Bertz CT molecular complexity index is 272. The van der Waals surface area contributed by atoms with Crippen molar-refractivity contribution in [1.29, 1.82) is 0 Å². The van der Waals surface area contributed by atoms with Crippen LogP contribution >= 0.6 is 0 Å². The van der Waals surface area contributed by atoms with E-state index in [0.29, 0.717) is 13.0 Å². The lowest BCUT2D eigenvalue weighted by Gasteiger charge is -2.10. The van der Waals surface area contributed by atoms with E-state index in [-0.39, 0.29) is 18.6 Å². The zero-order valence-corrected chi connectivity index (χ0v) is 8.18. The molecule has 0 unspecified atom stereocenters.